The Balaban J connectivity index is 2.30. The quantitative estimate of drug-likeness (QED) is 0.654. The Morgan fingerprint density at radius 1 is 1.16 bits per heavy atom. The van der Waals surface area contributed by atoms with Crippen LogP contribution < -0.4 is 5.32 Å². The summed E-state index contributed by atoms with van der Waals surface area (Å²) >= 11 is 0. The van der Waals surface area contributed by atoms with E-state index in [1.54, 1.807) is 6.07 Å². The highest BCUT2D eigenvalue weighted by atomic mass is 19.4. The summed E-state index contributed by atoms with van der Waals surface area (Å²) in [5.41, 5.74) is -3.91. The number of hydrogen-bond donors (Lipinski definition) is 1. The van der Waals surface area contributed by atoms with Crippen molar-refractivity contribution in [2.45, 2.75) is 37.5 Å². The van der Waals surface area contributed by atoms with E-state index in [4.69, 9.17) is 0 Å². The SMILES string of the molecule is O=C1NC(c2ccccc2)(C(F)(F)F)N2CCCCCC2=C1[N+](=O)[O-]. The molecule has 1 saturated heterocycles. The van der Waals surface area contributed by atoms with Gasteiger partial charge in [-0.1, -0.05) is 36.8 Å². The van der Waals surface area contributed by atoms with Crippen molar-refractivity contribution in [2.75, 3.05) is 6.54 Å². The zero-order valence-electron chi connectivity index (χ0n) is 13.2. The number of rotatable bonds is 2. The Morgan fingerprint density at radius 3 is 2.44 bits per heavy atom. The lowest BCUT2D eigenvalue weighted by Crippen LogP contribution is -2.69. The molecule has 1 unspecified atom stereocenters. The van der Waals surface area contributed by atoms with Crippen LogP contribution in [0.25, 0.3) is 0 Å². The average Bonchev–Trinajstić information content (AvgIpc) is 2.79. The second-order valence-electron chi connectivity index (χ2n) is 6.04. The van der Waals surface area contributed by atoms with Crippen molar-refractivity contribution < 1.29 is 22.9 Å². The van der Waals surface area contributed by atoms with Crippen LogP contribution in [0.15, 0.2) is 41.7 Å². The molecule has 134 valence electrons. The van der Waals surface area contributed by atoms with Gasteiger partial charge in [0.15, 0.2) is 0 Å². The minimum Gasteiger partial charge on any atom is -0.335 e. The molecule has 2 aliphatic heterocycles. The first kappa shape index (κ1) is 17.2. The molecule has 1 amide bonds. The maximum atomic E-state index is 14.2. The number of hydrogen-bond acceptors (Lipinski definition) is 4. The summed E-state index contributed by atoms with van der Waals surface area (Å²) in [7, 11) is 0. The van der Waals surface area contributed by atoms with Crippen LogP contribution in [0.5, 0.6) is 0 Å². The lowest BCUT2D eigenvalue weighted by Gasteiger charge is -2.48. The van der Waals surface area contributed by atoms with Crippen LogP contribution in [0, 0.1) is 10.1 Å². The van der Waals surface area contributed by atoms with Crippen molar-refractivity contribution in [3.8, 4) is 0 Å². The van der Waals surface area contributed by atoms with Gasteiger partial charge in [0.2, 0.25) is 5.66 Å². The molecule has 1 fully saturated rings. The Kier molecular flexibility index (Phi) is 4.18. The van der Waals surface area contributed by atoms with E-state index in [0.717, 1.165) is 4.90 Å². The number of nitro groups is 1. The van der Waals surface area contributed by atoms with E-state index >= 15 is 0 Å². The maximum absolute atomic E-state index is 14.2. The molecule has 9 heteroatoms. The summed E-state index contributed by atoms with van der Waals surface area (Å²) in [6.07, 6.45) is -3.20. The van der Waals surface area contributed by atoms with Gasteiger partial charge >= 0.3 is 17.8 Å². The van der Waals surface area contributed by atoms with E-state index < -0.39 is 28.4 Å². The smallest absolute Gasteiger partial charge is 0.335 e. The fourth-order valence-electron chi connectivity index (χ4n) is 3.53. The van der Waals surface area contributed by atoms with Gasteiger partial charge in [-0.3, -0.25) is 14.9 Å². The molecular weight excluding hydrogens is 339 g/mol. The lowest BCUT2D eigenvalue weighted by molar-refractivity contribution is -0.424. The van der Waals surface area contributed by atoms with E-state index in [9.17, 15) is 28.1 Å². The van der Waals surface area contributed by atoms with Crippen LogP contribution in [0.3, 0.4) is 0 Å². The van der Waals surface area contributed by atoms with Gasteiger partial charge in [0.1, 0.15) is 5.70 Å². The predicted molar refractivity (Wildman–Crippen MR) is 81.5 cm³/mol. The second kappa shape index (κ2) is 6.05. The van der Waals surface area contributed by atoms with Crippen molar-refractivity contribution in [3.05, 3.63) is 57.4 Å². The first-order valence-electron chi connectivity index (χ1n) is 7.89. The standard InChI is InChI=1S/C16H16F3N3O3/c17-16(18,19)15(11-7-3-1-4-8-11)20-14(23)13(22(24)25)12-9-5-2-6-10-21(12)15/h1,3-4,7-8H,2,5-6,9-10H2,(H,20,23). The molecule has 1 aromatic rings. The summed E-state index contributed by atoms with van der Waals surface area (Å²) in [5, 5.41) is 13.2. The molecule has 0 aromatic heterocycles. The van der Waals surface area contributed by atoms with Crippen LogP contribution in [0.2, 0.25) is 0 Å². The number of halogens is 3. The number of allylic oxidation sites excluding steroid dienone is 1. The minimum atomic E-state index is -4.86. The first-order chi connectivity index (χ1) is 11.8. The molecule has 1 N–H and O–H groups in total. The predicted octanol–water partition coefficient (Wildman–Crippen LogP) is 2.90. The zero-order chi connectivity index (χ0) is 18.2. The molecule has 2 heterocycles. The van der Waals surface area contributed by atoms with Crippen LogP contribution in [-0.4, -0.2) is 28.5 Å². The van der Waals surface area contributed by atoms with E-state index in [1.165, 1.54) is 24.3 Å². The first-order valence-corrected chi connectivity index (χ1v) is 7.89. The van der Waals surface area contributed by atoms with Crippen molar-refractivity contribution in [2.24, 2.45) is 0 Å². The van der Waals surface area contributed by atoms with Gasteiger partial charge in [0.25, 0.3) is 0 Å². The van der Waals surface area contributed by atoms with Crippen LogP contribution in [0.4, 0.5) is 13.2 Å². The molecule has 0 bridgehead atoms. The summed E-state index contributed by atoms with van der Waals surface area (Å²) in [6.45, 7) is -0.0264. The van der Waals surface area contributed by atoms with Crippen molar-refractivity contribution in [1.29, 1.82) is 0 Å². The van der Waals surface area contributed by atoms with Crippen LogP contribution >= 0.6 is 0 Å². The third-order valence-corrected chi connectivity index (χ3v) is 4.59. The number of carbonyl (C=O) groups excluding carboxylic acids is 1. The molecule has 25 heavy (non-hydrogen) atoms. The third-order valence-electron chi connectivity index (χ3n) is 4.59. The summed E-state index contributed by atoms with van der Waals surface area (Å²) in [4.78, 5) is 23.7. The summed E-state index contributed by atoms with van der Waals surface area (Å²) in [5.74, 6) is -1.31. The molecule has 6 nitrogen and oxygen atoms in total. The molecule has 2 aliphatic rings. The third kappa shape index (κ3) is 2.63. The summed E-state index contributed by atoms with van der Waals surface area (Å²) < 4.78 is 42.7. The van der Waals surface area contributed by atoms with E-state index in [-0.39, 0.29) is 24.2 Å². The van der Waals surface area contributed by atoms with E-state index in [2.05, 4.69) is 0 Å². The maximum Gasteiger partial charge on any atom is 0.435 e. The second-order valence-corrected chi connectivity index (χ2v) is 6.04. The Bertz CT molecular complexity index is 733. The van der Waals surface area contributed by atoms with Crippen molar-refractivity contribution in [1.82, 2.24) is 10.2 Å². The van der Waals surface area contributed by atoms with Crippen LogP contribution in [-0.2, 0) is 10.5 Å². The van der Waals surface area contributed by atoms with Gasteiger partial charge in [-0.15, -0.1) is 0 Å². The van der Waals surface area contributed by atoms with E-state index in [1.807, 2.05) is 5.32 Å². The van der Waals surface area contributed by atoms with E-state index in [0.29, 0.717) is 19.3 Å². The van der Waals surface area contributed by atoms with Gasteiger partial charge in [-0.05, 0) is 19.3 Å². The molecule has 1 atom stereocenters. The number of fused-ring (bicyclic) bond motifs is 1. The number of amides is 1. The molecule has 0 aliphatic carbocycles. The number of nitrogens with one attached hydrogen (secondary N) is 1. The topological polar surface area (TPSA) is 75.5 Å². The molecule has 0 saturated carbocycles. The van der Waals surface area contributed by atoms with Crippen molar-refractivity contribution in [3.63, 3.8) is 0 Å². The minimum absolute atomic E-state index is 0.0264. The highest BCUT2D eigenvalue weighted by Crippen LogP contribution is 2.47. The fraction of sp³-hybridized carbons (Fsp3) is 0.438. The molecule has 3 rings (SSSR count). The number of carbonyl (C=O) groups is 1. The fourth-order valence-corrected chi connectivity index (χ4v) is 3.53. The Labute approximate surface area is 141 Å². The highest BCUT2D eigenvalue weighted by molar-refractivity contribution is 5.93. The molecule has 1 aromatic carbocycles. The normalized spacial score (nSPS) is 24.4. The number of alkyl halides is 3. The molecule has 0 radical (unpaired) electrons. The number of benzene rings is 1. The van der Waals surface area contributed by atoms with Gasteiger partial charge in [0.05, 0.1) is 4.92 Å². The Morgan fingerprint density at radius 2 is 1.84 bits per heavy atom. The lowest BCUT2D eigenvalue weighted by atomic mass is 9.92. The number of nitrogens with zero attached hydrogens (tertiary/aromatic N) is 2. The van der Waals surface area contributed by atoms with Crippen LogP contribution in [0.1, 0.15) is 31.2 Å². The zero-order valence-corrected chi connectivity index (χ0v) is 13.2. The van der Waals surface area contributed by atoms with Gasteiger partial charge in [0, 0.05) is 12.1 Å². The van der Waals surface area contributed by atoms with Gasteiger partial charge in [-0.25, -0.2) is 0 Å². The van der Waals surface area contributed by atoms with Gasteiger partial charge in [-0.2, -0.15) is 13.2 Å². The largest absolute Gasteiger partial charge is 0.435 e. The molecule has 0 spiro atoms. The average molecular weight is 355 g/mol. The monoisotopic (exact) mass is 355 g/mol. The highest BCUT2D eigenvalue weighted by Gasteiger charge is 2.65. The van der Waals surface area contributed by atoms with Crippen molar-refractivity contribution >= 4 is 5.91 Å². The Hall–Kier alpha value is -2.58. The van der Waals surface area contributed by atoms with Gasteiger partial charge < -0.3 is 10.2 Å². The molecular formula is C16H16F3N3O3. The summed E-state index contributed by atoms with van der Waals surface area (Å²) in [6, 6.07) is 7.00.